The first kappa shape index (κ1) is 16.6. The third kappa shape index (κ3) is 3.35. The van der Waals surface area contributed by atoms with E-state index in [2.05, 4.69) is 5.10 Å². The second-order valence-electron chi connectivity index (χ2n) is 4.42. The molecule has 0 fully saturated rings. The normalized spacial score (nSPS) is 12.1. The number of methoxy groups -OCH3 is 1. The first-order valence-corrected chi connectivity index (χ1v) is 7.43. The molecule has 1 rings (SSSR count). The van der Waals surface area contributed by atoms with E-state index in [1.54, 1.807) is 20.9 Å². The first-order valence-electron chi connectivity index (χ1n) is 5.99. The van der Waals surface area contributed by atoms with Crippen LogP contribution in [0.15, 0.2) is 4.90 Å². The molecule has 0 saturated carbocycles. The van der Waals surface area contributed by atoms with E-state index in [0.29, 0.717) is 11.4 Å². The smallest absolute Gasteiger partial charge is 0.247 e. The Kier molecular flexibility index (Phi) is 5.26. The SMILES string of the molecule is COCCN(CC(N)=O)S(=O)(=O)c1c(C)nn(C)c1C. The van der Waals surface area contributed by atoms with Crippen LogP contribution in [0.1, 0.15) is 11.4 Å². The van der Waals surface area contributed by atoms with Crippen molar-refractivity contribution >= 4 is 15.9 Å². The van der Waals surface area contributed by atoms with Crippen molar-refractivity contribution < 1.29 is 17.9 Å². The van der Waals surface area contributed by atoms with Gasteiger partial charge in [-0.25, -0.2) is 8.42 Å². The molecular weight excluding hydrogens is 284 g/mol. The van der Waals surface area contributed by atoms with Gasteiger partial charge in [0.2, 0.25) is 15.9 Å². The highest BCUT2D eigenvalue weighted by Gasteiger charge is 2.31. The Hall–Kier alpha value is -1.45. The minimum atomic E-state index is -3.84. The number of hydrogen-bond acceptors (Lipinski definition) is 5. The fraction of sp³-hybridized carbons (Fsp3) is 0.636. The molecule has 1 aromatic heterocycles. The molecule has 0 atom stereocenters. The van der Waals surface area contributed by atoms with Gasteiger partial charge in [0.05, 0.1) is 24.5 Å². The van der Waals surface area contributed by atoms with Crippen LogP contribution in [0.25, 0.3) is 0 Å². The summed E-state index contributed by atoms with van der Waals surface area (Å²) in [6.45, 7) is 3.10. The summed E-state index contributed by atoms with van der Waals surface area (Å²) in [5, 5.41) is 4.08. The molecule has 2 N–H and O–H groups in total. The molecule has 20 heavy (non-hydrogen) atoms. The predicted octanol–water partition coefficient (Wildman–Crippen LogP) is -0.841. The molecule has 0 unspecified atom stereocenters. The topological polar surface area (TPSA) is 108 Å². The van der Waals surface area contributed by atoms with Crippen LogP contribution in [0.4, 0.5) is 0 Å². The second-order valence-corrected chi connectivity index (χ2v) is 6.30. The van der Waals surface area contributed by atoms with Crippen LogP contribution >= 0.6 is 0 Å². The largest absolute Gasteiger partial charge is 0.383 e. The van der Waals surface area contributed by atoms with Gasteiger partial charge in [0.15, 0.2) is 0 Å². The molecule has 114 valence electrons. The summed E-state index contributed by atoms with van der Waals surface area (Å²) in [7, 11) is -0.724. The number of nitrogens with two attached hydrogens (primary N) is 1. The lowest BCUT2D eigenvalue weighted by molar-refractivity contribution is -0.118. The van der Waals surface area contributed by atoms with Crippen molar-refractivity contribution in [1.82, 2.24) is 14.1 Å². The van der Waals surface area contributed by atoms with Gasteiger partial charge in [0, 0.05) is 20.7 Å². The molecule has 1 amide bonds. The average molecular weight is 304 g/mol. The lowest BCUT2D eigenvalue weighted by Gasteiger charge is -2.20. The number of aryl methyl sites for hydroxylation is 2. The van der Waals surface area contributed by atoms with E-state index < -0.39 is 15.9 Å². The maximum Gasteiger partial charge on any atom is 0.247 e. The van der Waals surface area contributed by atoms with Gasteiger partial charge in [0.1, 0.15) is 4.90 Å². The zero-order valence-electron chi connectivity index (χ0n) is 12.1. The van der Waals surface area contributed by atoms with Gasteiger partial charge in [-0.3, -0.25) is 9.48 Å². The Bertz CT molecular complexity index is 594. The molecular formula is C11H20N4O4S. The molecule has 0 aliphatic carbocycles. The number of hydrogen-bond donors (Lipinski definition) is 1. The number of amides is 1. The van der Waals surface area contributed by atoms with Crippen molar-refractivity contribution in [3.8, 4) is 0 Å². The summed E-state index contributed by atoms with van der Waals surface area (Å²) >= 11 is 0. The Balaban J connectivity index is 3.24. The molecule has 0 bridgehead atoms. The Morgan fingerprint density at radius 2 is 2.05 bits per heavy atom. The van der Waals surface area contributed by atoms with Gasteiger partial charge >= 0.3 is 0 Å². The fourth-order valence-electron chi connectivity index (χ4n) is 1.91. The molecule has 0 aliphatic heterocycles. The van der Waals surface area contributed by atoms with Crippen LogP contribution in [0.5, 0.6) is 0 Å². The lowest BCUT2D eigenvalue weighted by atomic mass is 10.4. The van der Waals surface area contributed by atoms with Crippen molar-refractivity contribution in [2.24, 2.45) is 12.8 Å². The molecule has 1 aromatic rings. The highest BCUT2D eigenvalue weighted by molar-refractivity contribution is 7.89. The number of carbonyl (C=O) groups is 1. The maximum absolute atomic E-state index is 12.6. The minimum absolute atomic E-state index is 0.0511. The molecule has 0 radical (unpaired) electrons. The average Bonchev–Trinajstić information content (AvgIpc) is 2.58. The molecule has 0 aromatic carbocycles. The van der Waals surface area contributed by atoms with Gasteiger partial charge in [-0.05, 0) is 13.8 Å². The van der Waals surface area contributed by atoms with E-state index >= 15 is 0 Å². The number of nitrogens with zero attached hydrogens (tertiary/aromatic N) is 3. The van der Waals surface area contributed by atoms with Crippen LogP contribution in [0, 0.1) is 13.8 Å². The number of sulfonamides is 1. The Morgan fingerprint density at radius 1 is 1.45 bits per heavy atom. The summed E-state index contributed by atoms with van der Waals surface area (Å²) in [5.74, 6) is -0.719. The van der Waals surface area contributed by atoms with Gasteiger partial charge in [-0.1, -0.05) is 0 Å². The fourth-order valence-corrected chi connectivity index (χ4v) is 3.70. The number of ether oxygens (including phenoxy) is 1. The molecule has 0 saturated heterocycles. The molecule has 9 heteroatoms. The number of primary amides is 1. The van der Waals surface area contributed by atoms with Crippen molar-refractivity contribution in [3.63, 3.8) is 0 Å². The summed E-state index contributed by atoms with van der Waals surface area (Å²) in [4.78, 5) is 11.2. The number of aromatic nitrogens is 2. The number of carbonyl (C=O) groups excluding carboxylic acids is 1. The number of rotatable bonds is 7. The monoisotopic (exact) mass is 304 g/mol. The molecule has 8 nitrogen and oxygen atoms in total. The highest BCUT2D eigenvalue weighted by atomic mass is 32.2. The van der Waals surface area contributed by atoms with E-state index in [9.17, 15) is 13.2 Å². The van der Waals surface area contributed by atoms with Crippen LogP contribution in [0.2, 0.25) is 0 Å². The van der Waals surface area contributed by atoms with Gasteiger partial charge in [0.25, 0.3) is 0 Å². The highest BCUT2D eigenvalue weighted by Crippen LogP contribution is 2.22. The summed E-state index contributed by atoms with van der Waals surface area (Å²) in [6, 6.07) is 0. The van der Waals surface area contributed by atoms with Crippen LogP contribution in [0.3, 0.4) is 0 Å². The van der Waals surface area contributed by atoms with E-state index in [1.165, 1.54) is 11.8 Å². The quantitative estimate of drug-likeness (QED) is 0.706. The summed E-state index contributed by atoms with van der Waals surface area (Å²) < 4.78 is 32.6. The molecule has 0 spiro atoms. The van der Waals surface area contributed by atoms with Crippen LogP contribution < -0.4 is 5.73 Å². The van der Waals surface area contributed by atoms with Gasteiger partial charge in [-0.15, -0.1) is 0 Å². The van der Waals surface area contributed by atoms with Crippen molar-refractivity contribution in [3.05, 3.63) is 11.4 Å². The predicted molar refractivity (Wildman–Crippen MR) is 72.5 cm³/mol. The van der Waals surface area contributed by atoms with E-state index in [0.717, 1.165) is 4.31 Å². The minimum Gasteiger partial charge on any atom is -0.383 e. The van der Waals surface area contributed by atoms with E-state index in [1.807, 2.05) is 0 Å². The standard InChI is InChI=1S/C11H20N4O4S/c1-8-11(9(2)14(3)13-8)20(17,18)15(5-6-19-4)7-10(12)16/h5-7H2,1-4H3,(H2,12,16). The molecule has 0 aliphatic rings. The third-order valence-electron chi connectivity index (χ3n) is 2.92. The van der Waals surface area contributed by atoms with Gasteiger partial charge in [-0.2, -0.15) is 9.40 Å². The van der Waals surface area contributed by atoms with Crippen LogP contribution in [-0.2, 0) is 26.6 Å². The zero-order chi connectivity index (χ0) is 15.5. The van der Waals surface area contributed by atoms with Crippen LogP contribution in [-0.4, -0.2) is 55.2 Å². The maximum atomic E-state index is 12.6. The Labute approximate surface area is 118 Å². The zero-order valence-corrected chi connectivity index (χ0v) is 12.9. The Morgan fingerprint density at radius 3 is 2.45 bits per heavy atom. The van der Waals surface area contributed by atoms with Gasteiger partial charge < -0.3 is 10.5 Å². The summed E-state index contributed by atoms with van der Waals surface area (Å²) in [5.41, 5.74) is 6.01. The van der Waals surface area contributed by atoms with Crippen molar-refractivity contribution in [2.75, 3.05) is 26.8 Å². The second kappa shape index (κ2) is 6.33. The molecule has 1 heterocycles. The lowest BCUT2D eigenvalue weighted by Crippen LogP contribution is -2.40. The van der Waals surface area contributed by atoms with E-state index in [-0.39, 0.29) is 24.6 Å². The van der Waals surface area contributed by atoms with E-state index in [4.69, 9.17) is 10.5 Å². The third-order valence-corrected chi connectivity index (χ3v) is 5.02. The van der Waals surface area contributed by atoms with Crippen molar-refractivity contribution in [2.45, 2.75) is 18.7 Å². The van der Waals surface area contributed by atoms with Crippen molar-refractivity contribution in [1.29, 1.82) is 0 Å². The summed E-state index contributed by atoms with van der Waals surface area (Å²) in [6.07, 6.45) is 0. The first-order chi connectivity index (χ1) is 9.21.